The first-order valence-electron chi connectivity index (χ1n) is 8.38. The molecule has 1 aromatic carbocycles. The van der Waals surface area contributed by atoms with Crippen LogP contribution in [-0.2, 0) is 6.42 Å². The van der Waals surface area contributed by atoms with Crippen molar-refractivity contribution in [3.63, 3.8) is 0 Å². The normalized spacial score (nSPS) is 28.6. The first-order valence-corrected chi connectivity index (χ1v) is 8.38. The van der Waals surface area contributed by atoms with Crippen molar-refractivity contribution in [2.45, 2.75) is 64.4 Å². The van der Waals surface area contributed by atoms with Crippen LogP contribution >= 0.6 is 0 Å². The number of fused-ring (bicyclic) bond motifs is 3. The third-order valence-corrected chi connectivity index (χ3v) is 5.35. The molecular weight excluding hydrogens is 260 g/mol. The smallest absolute Gasteiger partial charge is 0.119 e. The topological polar surface area (TPSA) is 29.5 Å². The predicted molar refractivity (Wildman–Crippen MR) is 85.6 cm³/mol. The highest BCUT2D eigenvalue weighted by atomic mass is 16.5. The molecule has 3 aliphatic carbocycles. The van der Waals surface area contributed by atoms with Gasteiger partial charge >= 0.3 is 0 Å². The number of benzene rings is 1. The Morgan fingerprint density at radius 2 is 1.67 bits per heavy atom. The van der Waals surface area contributed by atoms with Gasteiger partial charge in [-0.1, -0.05) is 12.1 Å². The van der Waals surface area contributed by atoms with Gasteiger partial charge in [0.15, 0.2) is 0 Å². The van der Waals surface area contributed by atoms with Gasteiger partial charge in [0, 0.05) is 11.8 Å². The van der Waals surface area contributed by atoms with E-state index < -0.39 is 5.60 Å². The molecule has 0 heterocycles. The number of hydrogen-bond donors (Lipinski definition) is 1. The Labute approximate surface area is 128 Å². The molecule has 0 aliphatic heterocycles. The Morgan fingerprint density at radius 1 is 1.10 bits per heavy atom. The molecule has 4 rings (SSSR count). The monoisotopic (exact) mass is 288 g/mol. The minimum atomic E-state index is -0.651. The molecular formula is C19H28O2. The molecule has 3 aliphatic rings. The van der Waals surface area contributed by atoms with E-state index in [0.29, 0.717) is 11.8 Å². The van der Waals surface area contributed by atoms with Gasteiger partial charge in [0.1, 0.15) is 5.75 Å². The van der Waals surface area contributed by atoms with Crippen LogP contribution in [0.1, 0.15) is 57.9 Å². The fourth-order valence-corrected chi connectivity index (χ4v) is 3.99. The Morgan fingerprint density at radius 3 is 2.19 bits per heavy atom. The lowest BCUT2D eigenvalue weighted by atomic mass is 9.61. The highest BCUT2D eigenvalue weighted by Gasteiger charge is 2.40. The van der Waals surface area contributed by atoms with Crippen molar-refractivity contribution < 1.29 is 9.84 Å². The maximum Gasteiger partial charge on any atom is 0.119 e. The molecule has 1 aromatic rings. The number of ether oxygens (including phenoxy) is 1. The van der Waals surface area contributed by atoms with Crippen molar-refractivity contribution in [3.8, 4) is 5.75 Å². The van der Waals surface area contributed by atoms with Crippen molar-refractivity contribution in [2.24, 2.45) is 11.3 Å². The lowest BCUT2D eigenvalue weighted by Gasteiger charge is -2.46. The Hall–Kier alpha value is -1.02. The van der Waals surface area contributed by atoms with E-state index >= 15 is 0 Å². The van der Waals surface area contributed by atoms with E-state index in [1.807, 2.05) is 26.0 Å². The summed E-state index contributed by atoms with van der Waals surface area (Å²) in [6, 6.07) is 8.24. The summed E-state index contributed by atoms with van der Waals surface area (Å²) in [4.78, 5) is 0. The highest BCUT2D eigenvalue weighted by Crippen LogP contribution is 2.50. The molecule has 2 nitrogen and oxygen atoms in total. The van der Waals surface area contributed by atoms with Crippen molar-refractivity contribution in [3.05, 3.63) is 29.8 Å². The molecule has 21 heavy (non-hydrogen) atoms. The average Bonchev–Trinajstić information content (AvgIpc) is 2.47. The number of aliphatic hydroxyl groups is 1. The summed E-state index contributed by atoms with van der Waals surface area (Å²) in [6.07, 6.45) is 8.98. The molecule has 0 atom stereocenters. The van der Waals surface area contributed by atoms with Gasteiger partial charge in [0.25, 0.3) is 0 Å². The summed E-state index contributed by atoms with van der Waals surface area (Å²) in [6.45, 7) is 4.57. The summed E-state index contributed by atoms with van der Waals surface area (Å²) in [5.41, 5.74) is 0.967. The Balaban J connectivity index is 1.56. The van der Waals surface area contributed by atoms with Crippen LogP contribution in [0.5, 0.6) is 5.75 Å². The molecule has 1 N–H and O–H groups in total. The van der Waals surface area contributed by atoms with Crippen LogP contribution in [0.25, 0.3) is 0 Å². The van der Waals surface area contributed by atoms with Crippen LogP contribution in [0, 0.1) is 11.3 Å². The van der Waals surface area contributed by atoms with Crippen molar-refractivity contribution >= 4 is 0 Å². The quantitative estimate of drug-likeness (QED) is 0.873. The van der Waals surface area contributed by atoms with Crippen LogP contribution in [-0.4, -0.2) is 17.3 Å². The molecule has 2 heteroatoms. The molecule has 0 spiro atoms. The number of hydrogen-bond acceptors (Lipinski definition) is 2. The first-order chi connectivity index (χ1) is 9.94. The minimum absolute atomic E-state index is 0.459. The highest BCUT2D eigenvalue weighted by molar-refractivity contribution is 5.28. The van der Waals surface area contributed by atoms with Gasteiger partial charge in [-0.2, -0.15) is 0 Å². The zero-order valence-electron chi connectivity index (χ0n) is 13.4. The maximum atomic E-state index is 9.85. The average molecular weight is 288 g/mol. The van der Waals surface area contributed by atoms with Crippen LogP contribution in [0.4, 0.5) is 0 Å². The lowest BCUT2D eigenvalue weighted by Crippen LogP contribution is -2.38. The molecule has 0 saturated heterocycles. The van der Waals surface area contributed by atoms with E-state index in [1.165, 1.54) is 38.5 Å². The van der Waals surface area contributed by atoms with Crippen molar-refractivity contribution in [1.29, 1.82) is 0 Å². The minimum Gasteiger partial charge on any atom is -0.493 e. The van der Waals surface area contributed by atoms with Crippen molar-refractivity contribution in [2.75, 3.05) is 6.61 Å². The summed E-state index contributed by atoms with van der Waals surface area (Å²) in [5, 5.41) is 9.85. The van der Waals surface area contributed by atoms with E-state index in [0.717, 1.165) is 23.8 Å². The fraction of sp³-hybridized carbons (Fsp3) is 0.684. The molecule has 0 radical (unpaired) electrons. The van der Waals surface area contributed by atoms with Gasteiger partial charge in [-0.05, 0) is 76.0 Å². The molecule has 0 unspecified atom stereocenters. The van der Waals surface area contributed by atoms with Gasteiger partial charge in [0.05, 0.1) is 12.2 Å². The second-order valence-corrected chi connectivity index (χ2v) is 7.90. The van der Waals surface area contributed by atoms with Gasteiger partial charge in [-0.25, -0.2) is 0 Å². The molecule has 0 aromatic heterocycles. The third-order valence-electron chi connectivity index (χ3n) is 5.35. The van der Waals surface area contributed by atoms with Crippen LogP contribution in [0.3, 0.4) is 0 Å². The van der Waals surface area contributed by atoms with Gasteiger partial charge in [-0.15, -0.1) is 0 Å². The first kappa shape index (κ1) is 14.9. The van der Waals surface area contributed by atoms with E-state index in [1.54, 1.807) is 0 Å². The summed E-state index contributed by atoms with van der Waals surface area (Å²) in [7, 11) is 0. The summed E-state index contributed by atoms with van der Waals surface area (Å²) >= 11 is 0. The van der Waals surface area contributed by atoms with Crippen LogP contribution in [0.2, 0.25) is 0 Å². The predicted octanol–water partition coefficient (Wildman–Crippen LogP) is 4.35. The standard InChI is InChI=1S/C19H28O2/c1-18(2,20)13-16-3-5-17(6-4-16)21-14-19-10-7-15(8-11-19)9-12-19/h3-6,15,20H,7-14H2,1-2H3. The Bertz CT molecular complexity index is 448. The van der Waals surface area contributed by atoms with Gasteiger partial charge < -0.3 is 9.84 Å². The van der Waals surface area contributed by atoms with Crippen LogP contribution < -0.4 is 4.74 Å². The second-order valence-electron chi connectivity index (χ2n) is 7.90. The SMILES string of the molecule is CC(C)(O)Cc1ccc(OCC23CCC(CC2)CC3)cc1. The van der Waals surface area contributed by atoms with Gasteiger partial charge in [-0.3, -0.25) is 0 Å². The fourth-order valence-electron chi connectivity index (χ4n) is 3.99. The summed E-state index contributed by atoms with van der Waals surface area (Å²) in [5.74, 6) is 1.98. The zero-order chi connectivity index (χ0) is 14.9. The maximum absolute atomic E-state index is 9.85. The molecule has 2 bridgehead atoms. The van der Waals surface area contributed by atoms with E-state index in [2.05, 4.69) is 12.1 Å². The molecule has 0 amide bonds. The molecule has 3 saturated carbocycles. The van der Waals surface area contributed by atoms with E-state index in [4.69, 9.17) is 4.74 Å². The lowest BCUT2D eigenvalue weighted by molar-refractivity contribution is 0.0191. The van der Waals surface area contributed by atoms with Crippen LogP contribution in [0.15, 0.2) is 24.3 Å². The number of rotatable bonds is 5. The van der Waals surface area contributed by atoms with Crippen molar-refractivity contribution in [1.82, 2.24) is 0 Å². The molecule has 116 valence electrons. The van der Waals surface area contributed by atoms with E-state index in [-0.39, 0.29) is 0 Å². The summed E-state index contributed by atoms with van der Waals surface area (Å²) < 4.78 is 6.09. The molecule has 3 fully saturated rings. The zero-order valence-corrected chi connectivity index (χ0v) is 13.4. The largest absolute Gasteiger partial charge is 0.493 e. The second kappa shape index (κ2) is 5.64. The third kappa shape index (κ3) is 3.79. The Kier molecular flexibility index (Phi) is 4.00. The van der Waals surface area contributed by atoms with Gasteiger partial charge in [0.2, 0.25) is 0 Å². The van der Waals surface area contributed by atoms with E-state index in [9.17, 15) is 5.11 Å².